The Labute approximate surface area is 128 Å². The predicted octanol–water partition coefficient (Wildman–Crippen LogP) is 0.988. The van der Waals surface area contributed by atoms with Gasteiger partial charge in [-0.2, -0.15) is 0 Å². The maximum absolute atomic E-state index is 12.0. The lowest BCUT2D eigenvalue weighted by Crippen LogP contribution is -2.55. The van der Waals surface area contributed by atoms with Gasteiger partial charge in [-0.25, -0.2) is 0 Å². The van der Waals surface area contributed by atoms with Gasteiger partial charge in [0, 0.05) is 12.0 Å². The second kappa shape index (κ2) is 9.50. The van der Waals surface area contributed by atoms with Crippen molar-refractivity contribution in [2.75, 3.05) is 13.1 Å². The highest BCUT2D eigenvalue weighted by Crippen LogP contribution is 2.27. The topological polar surface area (TPSA) is 101 Å². The summed E-state index contributed by atoms with van der Waals surface area (Å²) in [5.74, 6) is -0.700. The summed E-state index contributed by atoms with van der Waals surface area (Å²) >= 11 is 0. The van der Waals surface area contributed by atoms with E-state index in [1.807, 2.05) is 13.8 Å². The van der Waals surface area contributed by atoms with E-state index >= 15 is 0 Å². The first-order chi connectivity index (χ1) is 9.53. The molecule has 21 heavy (non-hydrogen) atoms. The second-order valence-corrected chi connectivity index (χ2v) is 5.72. The molecule has 4 N–H and O–H groups in total. The van der Waals surface area contributed by atoms with Crippen LogP contribution in [0.15, 0.2) is 0 Å². The summed E-state index contributed by atoms with van der Waals surface area (Å²) in [6, 6.07) is 0. The highest BCUT2D eigenvalue weighted by atomic mass is 16.2. The molecule has 0 aliphatic carbocycles. The number of amides is 2. The minimum Gasteiger partial charge on any atom is -0.355 e. The number of likely N-dealkylation sites (N-methyl/N-ethyl adjacent to an activating group) is 1. The van der Waals surface area contributed by atoms with Crippen LogP contribution in [0.4, 0.5) is 0 Å². The van der Waals surface area contributed by atoms with E-state index in [0.29, 0.717) is 6.54 Å². The number of nitrogens with two attached hydrogens (primary N) is 1. The van der Waals surface area contributed by atoms with Gasteiger partial charge in [0.05, 0.1) is 12.1 Å². The molecule has 0 radical (unpaired) electrons. The third kappa shape index (κ3) is 8.45. The number of hydrogen-bond acceptors (Lipinski definition) is 4. The van der Waals surface area contributed by atoms with Crippen LogP contribution in [-0.2, 0) is 14.4 Å². The maximum atomic E-state index is 12.0. The fourth-order valence-corrected chi connectivity index (χ4v) is 1.89. The molecular formula is C15H31N3O3. The molecule has 0 aliphatic rings. The number of rotatable bonds is 7. The molecule has 0 aliphatic heterocycles. The Kier molecular flexibility index (Phi) is 9.89. The first-order valence-electron chi connectivity index (χ1n) is 7.38. The molecule has 0 bridgehead atoms. The van der Waals surface area contributed by atoms with E-state index in [-0.39, 0.29) is 30.6 Å². The van der Waals surface area contributed by atoms with Crippen LogP contribution in [0.1, 0.15) is 54.9 Å². The molecule has 1 unspecified atom stereocenters. The van der Waals surface area contributed by atoms with Gasteiger partial charge in [0.25, 0.3) is 0 Å². The SMILES string of the molecule is CC.CCNC(=O)C(C)(N)CC(C)(C)C(=O)NCC(C)=O. The van der Waals surface area contributed by atoms with Gasteiger partial charge in [0.1, 0.15) is 5.78 Å². The zero-order valence-electron chi connectivity index (χ0n) is 14.4. The van der Waals surface area contributed by atoms with E-state index in [1.54, 1.807) is 27.7 Å². The highest BCUT2D eigenvalue weighted by Gasteiger charge is 2.39. The van der Waals surface area contributed by atoms with Crippen molar-refractivity contribution in [1.29, 1.82) is 0 Å². The normalized spacial score (nSPS) is 13.3. The Hall–Kier alpha value is -1.43. The number of carbonyl (C=O) groups excluding carboxylic acids is 3. The molecule has 0 rings (SSSR count). The smallest absolute Gasteiger partial charge is 0.239 e. The number of nitrogens with one attached hydrogen (secondary N) is 2. The van der Waals surface area contributed by atoms with Gasteiger partial charge in [-0.05, 0) is 27.2 Å². The van der Waals surface area contributed by atoms with E-state index in [2.05, 4.69) is 10.6 Å². The van der Waals surface area contributed by atoms with Crippen LogP contribution < -0.4 is 16.4 Å². The summed E-state index contributed by atoms with van der Waals surface area (Å²) < 4.78 is 0. The standard InChI is InChI=1S/C13H25N3O3.C2H6/c1-6-15-11(19)13(5,14)8-12(3,4)10(18)16-7-9(2)17;1-2/h6-8,14H2,1-5H3,(H,15,19)(H,16,18);1-2H3. The van der Waals surface area contributed by atoms with Crippen molar-refractivity contribution in [3.63, 3.8) is 0 Å². The minimum absolute atomic E-state index is 0.00922. The monoisotopic (exact) mass is 301 g/mol. The van der Waals surface area contributed by atoms with Crippen molar-refractivity contribution in [1.82, 2.24) is 10.6 Å². The Bertz CT molecular complexity index is 363. The third-order valence-corrected chi connectivity index (χ3v) is 2.78. The lowest BCUT2D eigenvalue weighted by molar-refractivity contribution is -0.134. The number of carbonyl (C=O) groups is 3. The maximum Gasteiger partial charge on any atom is 0.239 e. The molecular weight excluding hydrogens is 270 g/mol. The van der Waals surface area contributed by atoms with E-state index in [4.69, 9.17) is 5.73 Å². The Balaban J connectivity index is 0. The first kappa shape index (κ1) is 21.9. The molecule has 1 atom stereocenters. The second-order valence-electron chi connectivity index (χ2n) is 5.72. The average molecular weight is 301 g/mol. The van der Waals surface area contributed by atoms with Gasteiger partial charge in [-0.15, -0.1) is 0 Å². The Morgan fingerprint density at radius 1 is 1.00 bits per heavy atom. The molecule has 0 saturated heterocycles. The summed E-state index contributed by atoms with van der Waals surface area (Å²) in [5, 5.41) is 5.19. The molecule has 124 valence electrons. The van der Waals surface area contributed by atoms with Crippen LogP contribution >= 0.6 is 0 Å². The van der Waals surface area contributed by atoms with Crippen LogP contribution in [0.2, 0.25) is 0 Å². The van der Waals surface area contributed by atoms with Crippen LogP contribution in [0.25, 0.3) is 0 Å². The fourth-order valence-electron chi connectivity index (χ4n) is 1.89. The third-order valence-electron chi connectivity index (χ3n) is 2.78. The van der Waals surface area contributed by atoms with Gasteiger partial charge < -0.3 is 16.4 Å². The Morgan fingerprint density at radius 2 is 1.48 bits per heavy atom. The number of hydrogen-bond donors (Lipinski definition) is 3. The largest absolute Gasteiger partial charge is 0.355 e. The summed E-state index contributed by atoms with van der Waals surface area (Å²) in [6.07, 6.45) is 0.190. The summed E-state index contributed by atoms with van der Waals surface area (Å²) in [5.41, 5.74) is 4.01. The summed E-state index contributed by atoms with van der Waals surface area (Å²) in [7, 11) is 0. The van der Waals surface area contributed by atoms with Crippen molar-refractivity contribution in [3.05, 3.63) is 0 Å². The zero-order chi connectivity index (χ0) is 17.3. The number of ketones is 1. The number of Topliss-reactive ketones (excluding diaryl/α,β-unsaturated/α-hetero) is 1. The molecule has 0 aromatic rings. The average Bonchev–Trinajstić information content (AvgIpc) is 2.37. The van der Waals surface area contributed by atoms with E-state index in [1.165, 1.54) is 6.92 Å². The molecule has 0 aromatic heterocycles. The van der Waals surface area contributed by atoms with Gasteiger partial charge in [-0.1, -0.05) is 27.7 Å². The summed E-state index contributed by atoms with van der Waals surface area (Å²) in [6.45, 7) is 12.7. The van der Waals surface area contributed by atoms with Crippen molar-refractivity contribution >= 4 is 17.6 Å². The lowest BCUT2D eigenvalue weighted by Gasteiger charge is -2.32. The van der Waals surface area contributed by atoms with Gasteiger partial charge in [0.2, 0.25) is 11.8 Å². The first-order valence-corrected chi connectivity index (χ1v) is 7.38. The van der Waals surface area contributed by atoms with E-state index in [0.717, 1.165) is 0 Å². The van der Waals surface area contributed by atoms with Crippen LogP contribution in [0.3, 0.4) is 0 Å². The van der Waals surface area contributed by atoms with Gasteiger partial charge in [-0.3, -0.25) is 14.4 Å². The molecule has 0 aromatic carbocycles. The van der Waals surface area contributed by atoms with Crippen molar-refractivity contribution < 1.29 is 14.4 Å². The molecule has 0 saturated carbocycles. The molecule has 2 amide bonds. The summed E-state index contributed by atoms with van der Waals surface area (Å²) in [4.78, 5) is 34.6. The van der Waals surface area contributed by atoms with Crippen molar-refractivity contribution in [2.24, 2.45) is 11.1 Å². The van der Waals surface area contributed by atoms with Crippen LogP contribution in [0.5, 0.6) is 0 Å². The molecule has 6 nitrogen and oxygen atoms in total. The lowest BCUT2D eigenvalue weighted by atomic mass is 9.78. The van der Waals surface area contributed by atoms with Gasteiger partial charge >= 0.3 is 0 Å². The van der Waals surface area contributed by atoms with Crippen LogP contribution in [0, 0.1) is 5.41 Å². The minimum atomic E-state index is -1.13. The van der Waals surface area contributed by atoms with Crippen molar-refractivity contribution in [3.8, 4) is 0 Å². The molecule has 0 spiro atoms. The zero-order valence-corrected chi connectivity index (χ0v) is 14.4. The van der Waals surface area contributed by atoms with Gasteiger partial charge in [0.15, 0.2) is 0 Å². The molecule has 0 heterocycles. The van der Waals surface area contributed by atoms with Crippen LogP contribution in [-0.4, -0.2) is 36.2 Å². The fraction of sp³-hybridized carbons (Fsp3) is 0.800. The van der Waals surface area contributed by atoms with Crippen molar-refractivity contribution in [2.45, 2.75) is 60.4 Å². The van der Waals surface area contributed by atoms with E-state index < -0.39 is 11.0 Å². The van der Waals surface area contributed by atoms with E-state index in [9.17, 15) is 14.4 Å². The molecule has 6 heteroatoms. The predicted molar refractivity (Wildman–Crippen MR) is 84.7 cm³/mol. The quantitative estimate of drug-likeness (QED) is 0.652. The Morgan fingerprint density at radius 3 is 1.86 bits per heavy atom. The highest BCUT2D eigenvalue weighted by molar-refractivity contribution is 5.90. The molecule has 0 fully saturated rings.